The molecule has 2 fully saturated rings. The third-order valence-corrected chi connectivity index (χ3v) is 5.20. The highest BCUT2D eigenvalue weighted by Crippen LogP contribution is 2.22. The fourth-order valence-electron chi connectivity index (χ4n) is 2.63. The maximum Gasteiger partial charge on any atom is 0.151 e. The molecule has 94 valence electrons. The Morgan fingerprint density at radius 1 is 1.44 bits per heavy atom. The van der Waals surface area contributed by atoms with E-state index in [0.29, 0.717) is 37.3 Å². The summed E-state index contributed by atoms with van der Waals surface area (Å²) in [7, 11) is -2.80. The molecule has 2 atom stereocenters. The predicted octanol–water partition coefficient (Wildman–Crippen LogP) is -0.777. The monoisotopic (exact) mass is 248 g/mol. The van der Waals surface area contributed by atoms with Crippen molar-refractivity contribution in [3.05, 3.63) is 0 Å². The Bertz CT molecular complexity index is 329. The lowest BCUT2D eigenvalue weighted by Crippen LogP contribution is -2.51. The number of rotatable bonds is 3. The van der Waals surface area contributed by atoms with Gasteiger partial charge in [-0.3, -0.25) is 4.90 Å². The van der Waals surface area contributed by atoms with Crippen LogP contribution in [0.3, 0.4) is 0 Å². The first kappa shape index (κ1) is 12.3. The first-order chi connectivity index (χ1) is 7.62. The quantitative estimate of drug-likeness (QED) is 0.709. The highest BCUT2D eigenvalue weighted by atomic mass is 32.2. The van der Waals surface area contributed by atoms with Gasteiger partial charge in [-0.25, -0.2) is 8.42 Å². The van der Waals surface area contributed by atoms with Crippen LogP contribution in [0, 0.1) is 0 Å². The van der Waals surface area contributed by atoms with Gasteiger partial charge in [0.05, 0.1) is 24.7 Å². The van der Waals surface area contributed by atoms with Crippen LogP contribution in [0.1, 0.15) is 12.8 Å². The summed E-state index contributed by atoms with van der Waals surface area (Å²) >= 11 is 0. The van der Waals surface area contributed by atoms with Gasteiger partial charge in [-0.05, 0) is 19.4 Å². The van der Waals surface area contributed by atoms with Crippen molar-refractivity contribution in [3.8, 4) is 0 Å². The van der Waals surface area contributed by atoms with E-state index in [2.05, 4.69) is 4.90 Å². The topological polar surface area (TPSA) is 72.6 Å². The lowest BCUT2D eigenvalue weighted by molar-refractivity contribution is -0.0259. The molecule has 2 saturated heterocycles. The molecule has 0 aromatic rings. The van der Waals surface area contributed by atoms with E-state index in [0.717, 1.165) is 19.4 Å². The predicted molar refractivity (Wildman–Crippen MR) is 62.0 cm³/mol. The van der Waals surface area contributed by atoms with E-state index >= 15 is 0 Å². The molecule has 6 heteroatoms. The molecule has 0 aliphatic carbocycles. The Labute approximate surface area is 96.9 Å². The van der Waals surface area contributed by atoms with Crippen LogP contribution in [0.25, 0.3) is 0 Å². The van der Waals surface area contributed by atoms with E-state index < -0.39 is 9.84 Å². The van der Waals surface area contributed by atoms with Crippen molar-refractivity contribution in [1.29, 1.82) is 0 Å². The van der Waals surface area contributed by atoms with Crippen molar-refractivity contribution in [2.24, 2.45) is 5.73 Å². The van der Waals surface area contributed by atoms with Gasteiger partial charge in [-0.15, -0.1) is 0 Å². The highest BCUT2D eigenvalue weighted by Gasteiger charge is 2.36. The number of morpholine rings is 1. The molecule has 0 saturated carbocycles. The second-order valence-electron chi connectivity index (χ2n) is 4.60. The van der Waals surface area contributed by atoms with Gasteiger partial charge >= 0.3 is 0 Å². The Morgan fingerprint density at radius 3 is 2.88 bits per heavy atom. The minimum absolute atomic E-state index is 0.186. The summed E-state index contributed by atoms with van der Waals surface area (Å²) < 4.78 is 28.4. The molecule has 2 rings (SSSR count). The maximum absolute atomic E-state index is 11.5. The van der Waals surface area contributed by atoms with Crippen molar-refractivity contribution in [3.63, 3.8) is 0 Å². The molecule has 0 aromatic heterocycles. The van der Waals surface area contributed by atoms with Gasteiger partial charge in [0.1, 0.15) is 0 Å². The van der Waals surface area contributed by atoms with Crippen molar-refractivity contribution >= 4 is 9.84 Å². The highest BCUT2D eigenvalue weighted by molar-refractivity contribution is 7.91. The molecule has 0 spiro atoms. The molecule has 2 N–H and O–H groups in total. The lowest BCUT2D eigenvalue weighted by Gasteiger charge is -2.39. The average Bonchev–Trinajstić information content (AvgIpc) is 2.60. The zero-order valence-electron chi connectivity index (χ0n) is 9.47. The van der Waals surface area contributed by atoms with Crippen LogP contribution in [0.2, 0.25) is 0 Å². The summed E-state index contributed by atoms with van der Waals surface area (Å²) in [6.45, 7) is 2.86. The van der Waals surface area contributed by atoms with Crippen LogP contribution < -0.4 is 5.73 Å². The SMILES string of the molecule is NCCC1COCCN1C1CCS(=O)(=O)C1. The third kappa shape index (κ3) is 2.74. The average molecular weight is 248 g/mol. The molecular formula is C10H20N2O3S. The molecule has 2 unspecified atom stereocenters. The summed E-state index contributed by atoms with van der Waals surface area (Å²) in [5, 5.41) is 0. The van der Waals surface area contributed by atoms with Crippen molar-refractivity contribution < 1.29 is 13.2 Å². The minimum atomic E-state index is -2.80. The summed E-state index contributed by atoms with van der Waals surface area (Å²) in [4.78, 5) is 2.29. The van der Waals surface area contributed by atoms with Crippen molar-refractivity contribution in [1.82, 2.24) is 4.90 Å². The number of hydrogen-bond acceptors (Lipinski definition) is 5. The standard InChI is InChI=1S/C10H20N2O3S/c11-3-1-9-7-15-5-4-12(9)10-2-6-16(13,14)8-10/h9-10H,1-8,11H2. The normalized spacial score (nSPS) is 35.3. The second-order valence-corrected chi connectivity index (χ2v) is 6.83. The fourth-order valence-corrected chi connectivity index (χ4v) is 4.37. The molecular weight excluding hydrogens is 228 g/mol. The number of nitrogens with zero attached hydrogens (tertiary/aromatic N) is 1. The zero-order chi connectivity index (χ0) is 11.6. The van der Waals surface area contributed by atoms with Gasteiger partial charge < -0.3 is 10.5 Å². The summed E-state index contributed by atoms with van der Waals surface area (Å²) in [6, 6.07) is 0.488. The summed E-state index contributed by atoms with van der Waals surface area (Å²) in [5.41, 5.74) is 5.57. The van der Waals surface area contributed by atoms with Gasteiger partial charge in [0, 0.05) is 18.6 Å². The molecule has 0 radical (unpaired) electrons. The number of nitrogens with two attached hydrogens (primary N) is 1. The van der Waals surface area contributed by atoms with Gasteiger partial charge in [0.25, 0.3) is 0 Å². The van der Waals surface area contributed by atoms with E-state index in [1.807, 2.05) is 0 Å². The Balaban J connectivity index is 2.00. The van der Waals surface area contributed by atoms with Crippen molar-refractivity contribution in [2.45, 2.75) is 24.9 Å². The third-order valence-electron chi connectivity index (χ3n) is 3.45. The van der Waals surface area contributed by atoms with E-state index in [1.165, 1.54) is 0 Å². The van der Waals surface area contributed by atoms with Crippen molar-refractivity contribution in [2.75, 3.05) is 37.8 Å². The summed E-state index contributed by atoms with van der Waals surface area (Å²) in [6.07, 6.45) is 1.65. The smallest absolute Gasteiger partial charge is 0.151 e. The van der Waals surface area contributed by atoms with Gasteiger partial charge in [0.15, 0.2) is 9.84 Å². The minimum Gasteiger partial charge on any atom is -0.378 e. The zero-order valence-corrected chi connectivity index (χ0v) is 10.3. The van der Waals surface area contributed by atoms with Gasteiger partial charge in [-0.1, -0.05) is 0 Å². The van der Waals surface area contributed by atoms with Crippen LogP contribution in [-0.2, 0) is 14.6 Å². The van der Waals surface area contributed by atoms with Crippen LogP contribution in [-0.4, -0.2) is 63.2 Å². The van der Waals surface area contributed by atoms with E-state index in [1.54, 1.807) is 0 Å². The van der Waals surface area contributed by atoms with Gasteiger partial charge in [-0.2, -0.15) is 0 Å². The van der Waals surface area contributed by atoms with Crippen LogP contribution in [0.5, 0.6) is 0 Å². The van der Waals surface area contributed by atoms with Gasteiger partial charge in [0.2, 0.25) is 0 Å². The Morgan fingerprint density at radius 2 is 2.25 bits per heavy atom. The molecule has 2 aliphatic rings. The Kier molecular flexibility index (Phi) is 3.84. The number of sulfone groups is 1. The molecule has 2 heterocycles. The maximum atomic E-state index is 11.5. The van der Waals surface area contributed by atoms with Crippen LogP contribution in [0.4, 0.5) is 0 Å². The fraction of sp³-hybridized carbons (Fsp3) is 1.00. The second kappa shape index (κ2) is 5.00. The first-order valence-corrected chi connectivity index (χ1v) is 7.68. The van der Waals surface area contributed by atoms with Crippen LogP contribution >= 0.6 is 0 Å². The molecule has 0 aromatic carbocycles. The molecule has 16 heavy (non-hydrogen) atoms. The molecule has 0 amide bonds. The molecule has 2 aliphatic heterocycles. The molecule has 0 bridgehead atoms. The number of ether oxygens (including phenoxy) is 1. The van der Waals surface area contributed by atoms with E-state index in [4.69, 9.17) is 10.5 Å². The largest absolute Gasteiger partial charge is 0.378 e. The molecule has 5 nitrogen and oxygen atoms in total. The Hall–Kier alpha value is -0.170. The lowest BCUT2D eigenvalue weighted by atomic mass is 10.1. The number of hydrogen-bond donors (Lipinski definition) is 1. The summed E-state index contributed by atoms with van der Waals surface area (Å²) in [5.74, 6) is 0.651. The van der Waals surface area contributed by atoms with Crippen LogP contribution in [0.15, 0.2) is 0 Å². The van der Waals surface area contributed by atoms with E-state index in [9.17, 15) is 8.42 Å². The van der Waals surface area contributed by atoms with E-state index in [-0.39, 0.29) is 6.04 Å². The first-order valence-electron chi connectivity index (χ1n) is 5.86.